The van der Waals surface area contributed by atoms with Crippen LogP contribution in [0.1, 0.15) is 5.56 Å². The van der Waals surface area contributed by atoms with E-state index in [9.17, 15) is 13.2 Å². The number of rotatable bonds is 0. The Morgan fingerprint density at radius 3 is 1.61 bits per heavy atom. The van der Waals surface area contributed by atoms with Crippen LogP contribution in [0.4, 0.5) is 13.2 Å². The molecule has 2 aromatic rings. The van der Waals surface area contributed by atoms with Crippen molar-refractivity contribution in [3.05, 3.63) is 60.2 Å². The molecule has 0 saturated carbocycles. The number of alkyl halides is 3. The Kier molecular flexibility index (Phi) is 4.59. The molecule has 0 unspecified atom stereocenters. The van der Waals surface area contributed by atoms with E-state index in [2.05, 4.69) is 0 Å². The number of phenols is 2. The summed E-state index contributed by atoms with van der Waals surface area (Å²) in [6, 6.07) is 12.6. The number of benzene rings is 2. The largest absolute Gasteiger partial charge is 0.508 e. The first-order chi connectivity index (χ1) is 8.39. The zero-order chi connectivity index (χ0) is 13.6. The predicted octanol–water partition coefficient (Wildman–Crippen LogP) is 3.80. The average molecular weight is 256 g/mol. The van der Waals surface area contributed by atoms with Crippen molar-refractivity contribution in [1.82, 2.24) is 0 Å². The topological polar surface area (TPSA) is 40.5 Å². The minimum atomic E-state index is -4.38. The van der Waals surface area contributed by atoms with Crippen LogP contribution in [0.15, 0.2) is 54.6 Å². The lowest BCUT2D eigenvalue weighted by Gasteiger charge is -2.05. The Balaban J connectivity index is 0.000000199. The third-order valence-corrected chi connectivity index (χ3v) is 1.93. The summed E-state index contributed by atoms with van der Waals surface area (Å²) >= 11 is 0. The van der Waals surface area contributed by atoms with Gasteiger partial charge in [0, 0.05) is 0 Å². The van der Waals surface area contributed by atoms with Crippen LogP contribution in [0.5, 0.6) is 11.5 Å². The van der Waals surface area contributed by atoms with E-state index in [4.69, 9.17) is 10.2 Å². The van der Waals surface area contributed by atoms with Gasteiger partial charge in [0.25, 0.3) is 0 Å². The maximum Gasteiger partial charge on any atom is 0.416 e. The van der Waals surface area contributed by atoms with Crippen LogP contribution in [0, 0.1) is 0 Å². The van der Waals surface area contributed by atoms with Gasteiger partial charge in [-0.2, -0.15) is 13.2 Å². The summed E-state index contributed by atoms with van der Waals surface area (Å²) in [5, 5.41) is 17.3. The Labute approximate surface area is 102 Å². The maximum atomic E-state index is 11.9. The van der Waals surface area contributed by atoms with Crippen LogP contribution in [0.3, 0.4) is 0 Å². The lowest BCUT2D eigenvalue weighted by Crippen LogP contribution is -2.03. The fourth-order valence-electron chi connectivity index (χ4n) is 1.11. The summed E-state index contributed by atoms with van der Waals surface area (Å²) < 4.78 is 35.6. The molecule has 2 nitrogen and oxygen atoms in total. The van der Waals surface area contributed by atoms with Crippen LogP contribution in [-0.4, -0.2) is 10.2 Å². The molecule has 0 fully saturated rings. The Bertz CT molecular complexity index is 481. The molecule has 0 aromatic heterocycles. The molecule has 0 amide bonds. The van der Waals surface area contributed by atoms with Gasteiger partial charge in [-0.05, 0) is 30.3 Å². The molecule has 0 radical (unpaired) electrons. The first kappa shape index (κ1) is 13.9. The van der Waals surface area contributed by atoms with Crippen molar-refractivity contribution in [2.45, 2.75) is 6.18 Å². The van der Waals surface area contributed by atoms with Gasteiger partial charge in [0.05, 0.1) is 5.56 Å². The number of hydrogen-bond acceptors (Lipinski definition) is 2. The molecule has 18 heavy (non-hydrogen) atoms. The van der Waals surface area contributed by atoms with E-state index in [1.807, 2.05) is 6.07 Å². The van der Waals surface area contributed by atoms with Crippen LogP contribution >= 0.6 is 0 Å². The number of phenolic OH excluding ortho intramolecular Hbond substituents is 2. The van der Waals surface area contributed by atoms with Crippen molar-refractivity contribution in [3.63, 3.8) is 0 Å². The molecule has 2 aromatic carbocycles. The summed E-state index contributed by atoms with van der Waals surface area (Å²) in [5.74, 6) is -0.0534. The Hall–Kier alpha value is -2.17. The molecule has 2 rings (SSSR count). The zero-order valence-electron chi connectivity index (χ0n) is 9.22. The van der Waals surface area contributed by atoms with E-state index in [0.29, 0.717) is 11.8 Å². The molecule has 0 aliphatic rings. The van der Waals surface area contributed by atoms with Gasteiger partial charge in [-0.15, -0.1) is 0 Å². The third kappa shape index (κ3) is 4.78. The summed E-state index contributed by atoms with van der Waals surface area (Å²) in [7, 11) is 0. The predicted molar refractivity (Wildman–Crippen MR) is 61.2 cm³/mol. The molecular formula is C13H11F3O2. The number of aromatic hydroxyl groups is 2. The van der Waals surface area contributed by atoms with Gasteiger partial charge in [0.1, 0.15) is 11.5 Å². The van der Waals surface area contributed by atoms with E-state index in [1.54, 1.807) is 24.3 Å². The number of halogens is 3. The first-order valence-electron chi connectivity index (χ1n) is 5.00. The van der Waals surface area contributed by atoms with Crippen LogP contribution in [-0.2, 0) is 6.18 Å². The second kappa shape index (κ2) is 5.95. The third-order valence-electron chi connectivity index (χ3n) is 1.93. The van der Waals surface area contributed by atoms with Crippen molar-refractivity contribution >= 4 is 0 Å². The first-order valence-corrected chi connectivity index (χ1v) is 5.00. The van der Waals surface area contributed by atoms with E-state index in [-0.39, 0.29) is 5.75 Å². The number of hydrogen-bond donors (Lipinski definition) is 2. The molecule has 5 heteroatoms. The average Bonchev–Trinajstić information content (AvgIpc) is 2.30. The lowest BCUT2D eigenvalue weighted by molar-refractivity contribution is -0.137. The van der Waals surface area contributed by atoms with Crippen molar-refractivity contribution in [3.8, 4) is 11.5 Å². The summed E-state index contributed by atoms with van der Waals surface area (Å²) in [6.45, 7) is 0. The smallest absolute Gasteiger partial charge is 0.416 e. The molecule has 0 heterocycles. The van der Waals surface area contributed by atoms with Gasteiger partial charge in [-0.25, -0.2) is 0 Å². The van der Waals surface area contributed by atoms with E-state index in [1.165, 1.54) is 6.07 Å². The maximum absolute atomic E-state index is 11.9. The molecule has 2 N–H and O–H groups in total. The summed E-state index contributed by atoms with van der Waals surface area (Å²) in [6.07, 6.45) is -4.38. The highest BCUT2D eigenvalue weighted by molar-refractivity contribution is 5.28. The molecule has 0 aliphatic heterocycles. The second-order valence-electron chi connectivity index (χ2n) is 3.38. The number of para-hydroxylation sites is 1. The van der Waals surface area contributed by atoms with Crippen molar-refractivity contribution < 1.29 is 23.4 Å². The van der Waals surface area contributed by atoms with Gasteiger partial charge in [-0.3, -0.25) is 0 Å². The van der Waals surface area contributed by atoms with Crippen molar-refractivity contribution in [2.75, 3.05) is 0 Å². The molecule has 0 spiro atoms. The van der Waals surface area contributed by atoms with Gasteiger partial charge < -0.3 is 10.2 Å². The highest BCUT2D eigenvalue weighted by atomic mass is 19.4. The minimum absolute atomic E-state index is 0.322. The van der Waals surface area contributed by atoms with Crippen molar-refractivity contribution in [2.24, 2.45) is 0 Å². The lowest BCUT2D eigenvalue weighted by atomic mass is 10.2. The zero-order valence-corrected chi connectivity index (χ0v) is 9.22. The van der Waals surface area contributed by atoms with Crippen molar-refractivity contribution in [1.29, 1.82) is 0 Å². The molecular weight excluding hydrogens is 245 g/mol. The van der Waals surface area contributed by atoms with Crippen LogP contribution < -0.4 is 0 Å². The summed E-state index contributed by atoms with van der Waals surface area (Å²) in [5.41, 5.74) is -0.836. The molecule has 0 bridgehead atoms. The quantitative estimate of drug-likeness (QED) is 0.752. The molecule has 96 valence electrons. The molecule has 0 saturated heterocycles. The molecule has 0 aliphatic carbocycles. The fourth-order valence-corrected chi connectivity index (χ4v) is 1.11. The van der Waals surface area contributed by atoms with Gasteiger partial charge >= 0.3 is 6.18 Å². The highest BCUT2D eigenvalue weighted by Crippen LogP contribution is 2.30. The van der Waals surface area contributed by atoms with Crippen LogP contribution in [0.2, 0.25) is 0 Å². The van der Waals surface area contributed by atoms with E-state index in [0.717, 1.165) is 12.1 Å². The summed E-state index contributed by atoms with van der Waals surface area (Å²) in [4.78, 5) is 0. The minimum Gasteiger partial charge on any atom is -0.508 e. The van der Waals surface area contributed by atoms with Crippen LogP contribution in [0.25, 0.3) is 0 Å². The highest BCUT2D eigenvalue weighted by Gasteiger charge is 2.30. The Morgan fingerprint density at radius 2 is 1.28 bits per heavy atom. The van der Waals surface area contributed by atoms with Gasteiger partial charge in [0.15, 0.2) is 0 Å². The normalized spacial score (nSPS) is 10.4. The van der Waals surface area contributed by atoms with Gasteiger partial charge in [-0.1, -0.05) is 24.3 Å². The SMILES string of the molecule is Oc1cccc(C(F)(F)F)c1.Oc1ccccc1. The fraction of sp³-hybridized carbons (Fsp3) is 0.0769. The molecule has 0 atom stereocenters. The monoisotopic (exact) mass is 256 g/mol. The van der Waals surface area contributed by atoms with E-state index >= 15 is 0 Å². The van der Waals surface area contributed by atoms with E-state index < -0.39 is 11.7 Å². The second-order valence-corrected chi connectivity index (χ2v) is 3.38. The van der Waals surface area contributed by atoms with Gasteiger partial charge in [0.2, 0.25) is 0 Å². The standard InChI is InChI=1S/C7H5F3O.C6H6O/c8-7(9,10)5-2-1-3-6(11)4-5;7-6-4-2-1-3-5-6/h1-4,11H;1-5,7H. The Morgan fingerprint density at radius 1 is 0.722 bits per heavy atom.